The molecule has 0 saturated heterocycles. The average Bonchev–Trinajstić information content (AvgIpc) is 2.44. The third-order valence-electron chi connectivity index (χ3n) is 2.27. The number of hydrogen-bond acceptors (Lipinski definition) is 0. The van der Waals surface area contributed by atoms with Gasteiger partial charge in [0.2, 0.25) is 0 Å². The Balaban J connectivity index is 2.41. The van der Waals surface area contributed by atoms with Crippen LogP contribution in [0.3, 0.4) is 0 Å². The number of fused-ring (bicyclic) bond motifs is 1. The number of hydrogen-bond donors (Lipinski definition) is 1. The Labute approximate surface area is 89.1 Å². The van der Waals surface area contributed by atoms with Crippen molar-refractivity contribution in [3.63, 3.8) is 0 Å². The van der Waals surface area contributed by atoms with E-state index in [1.165, 1.54) is 16.6 Å². The fourth-order valence-electron chi connectivity index (χ4n) is 1.71. The first kappa shape index (κ1) is 9.60. The maximum atomic E-state index is 5.92. The lowest BCUT2D eigenvalue weighted by atomic mass is 10.1. The van der Waals surface area contributed by atoms with Gasteiger partial charge in [0.05, 0.1) is 0 Å². The Hall–Kier alpha value is -0.950. The zero-order valence-electron chi connectivity index (χ0n) is 8.47. The maximum Gasteiger partial charge on any atom is 0.0457 e. The normalized spacial score (nSPS) is 11.4. The summed E-state index contributed by atoms with van der Waals surface area (Å²) in [5, 5.41) is 2.00. The van der Waals surface area contributed by atoms with Crippen LogP contribution in [0.1, 0.15) is 19.5 Å². The van der Waals surface area contributed by atoms with Crippen LogP contribution in [0.25, 0.3) is 10.9 Å². The molecule has 2 heteroatoms. The van der Waals surface area contributed by atoms with Gasteiger partial charge in [-0.15, -0.1) is 0 Å². The Kier molecular flexibility index (Phi) is 2.51. The molecule has 2 aromatic rings. The molecule has 0 fully saturated rings. The van der Waals surface area contributed by atoms with Gasteiger partial charge in [-0.05, 0) is 36.6 Å². The summed E-state index contributed by atoms with van der Waals surface area (Å²) < 4.78 is 0. The van der Waals surface area contributed by atoms with Crippen molar-refractivity contribution in [2.45, 2.75) is 20.3 Å². The minimum absolute atomic E-state index is 0.679. The van der Waals surface area contributed by atoms with Gasteiger partial charge in [-0.25, -0.2) is 0 Å². The molecule has 74 valence electrons. The highest BCUT2D eigenvalue weighted by atomic mass is 35.5. The summed E-state index contributed by atoms with van der Waals surface area (Å²) >= 11 is 5.92. The van der Waals surface area contributed by atoms with E-state index in [1.54, 1.807) is 0 Å². The molecule has 1 N–H and O–H groups in total. The third kappa shape index (κ3) is 1.93. The van der Waals surface area contributed by atoms with Crippen LogP contribution in [0.15, 0.2) is 24.3 Å². The lowest BCUT2D eigenvalue weighted by Crippen LogP contribution is -1.93. The number of H-pyrrole nitrogens is 1. The summed E-state index contributed by atoms with van der Waals surface area (Å²) in [5.74, 6) is 0.679. The lowest BCUT2D eigenvalue weighted by molar-refractivity contribution is 0.639. The Morgan fingerprint density at radius 2 is 2.07 bits per heavy atom. The largest absolute Gasteiger partial charge is 0.358 e. The standard InChI is InChI=1S/C12H14ClN/c1-8(2)5-11-7-9-6-10(13)3-4-12(9)14-11/h3-4,6-8,14H,5H2,1-2H3. The summed E-state index contributed by atoms with van der Waals surface area (Å²) in [5.41, 5.74) is 2.46. The minimum atomic E-state index is 0.679. The quantitative estimate of drug-likeness (QED) is 0.766. The van der Waals surface area contributed by atoms with E-state index in [1.807, 2.05) is 18.2 Å². The van der Waals surface area contributed by atoms with E-state index in [0.29, 0.717) is 5.92 Å². The molecule has 1 heterocycles. The molecular weight excluding hydrogens is 194 g/mol. The minimum Gasteiger partial charge on any atom is -0.358 e. The van der Waals surface area contributed by atoms with Gasteiger partial charge in [0.25, 0.3) is 0 Å². The summed E-state index contributed by atoms with van der Waals surface area (Å²) in [7, 11) is 0. The average molecular weight is 208 g/mol. The first-order chi connectivity index (χ1) is 6.65. The zero-order valence-corrected chi connectivity index (χ0v) is 9.23. The number of nitrogens with one attached hydrogen (secondary N) is 1. The Bertz CT molecular complexity index is 443. The fourth-order valence-corrected chi connectivity index (χ4v) is 1.89. The van der Waals surface area contributed by atoms with Crippen LogP contribution in [-0.4, -0.2) is 4.98 Å². The Morgan fingerprint density at radius 1 is 1.29 bits per heavy atom. The summed E-state index contributed by atoms with van der Waals surface area (Å²) in [6, 6.07) is 8.12. The lowest BCUT2D eigenvalue weighted by Gasteiger charge is -1.99. The molecule has 0 unspecified atom stereocenters. The van der Waals surface area contributed by atoms with E-state index in [-0.39, 0.29) is 0 Å². The topological polar surface area (TPSA) is 15.8 Å². The van der Waals surface area contributed by atoms with Crippen LogP contribution < -0.4 is 0 Å². The molecule has 1 nitrogen and oxygen atoms in total. The van der Waals surface area contributed by atoms with Crippen molar-refractivity contribution in [2.75, 3.05) is 0 Å². The van der Waals surface area contributed by atoms with Crippen molar-refractivity contribution in [2.24, 2.45) is 5.92 Å². The van der Waals surface area contributed by atoms with Gasteiger partial charge in [0.1, 0.15) is 0 Å². The van der Waals surface area contributed by atoms with Crippen molar-refractivity contribution in [1.82, 2.24) is 4.98 Å². The predicted octanol–water partition coefficient (Wildman–Crippen LogP) is 4.02. The Morgan fingerprint density at radius 3 is 2.79 bits per heavy atom. The molecular formula is C12H14ClN. The van der Waals surface area contributed by atoms with E-state index >= 15 is 0 Å². The van der Waals surface area contributed by atoms with Crippen molar-refractivity contribution in [3.8, 4) is 0 Å². The summed E-state index contributed by atoms with van der Waals surface area (Å²) in [6.07, 6.45) is 1.09. The fraction of sp³-hybridized carbons (Fsp3) is 0.333. The molecule has 0 amide bonds. The van der Waals surface area contributed by atoms with E-state index in [0.717, 1.165) is 11.4 Å². The smallest absolute Gasteiger partial charge is 0.0457 e. The van der Waals surface area contributed by atoms with Crippen LogP contribution in [0.5, 0.6) is 0 Å². The highest BCUT2D eigenvalue weighted by Crippen LogP contribution is 2.21. The van der Waals surface area contributed by atoms with Crippen LogP contribution in [0.4, 0.5) is 0 Å². The first-order valence-corrected chi connectivity index (χ1v) is 5.30. The van der Waals surface area contributed by atoms with Gasteiger partial charge in [-0.3, -0.25) is 0 Å². The third-order valence-corrected chi connectivity index (χ3v) is 2.50. The SMILES string of the molecule is CC(C)Cc1cc2cc(Cl)ccc2[nH]1. The number of aromatic nitrogens is 1. The highest BCUT2D eigenvalue weighted by molar-refractivity contribution is 6.31. The molecule has 0 aliphatic heterocycles. The predicted molar refractivity (Wildman–Crippen MR) is 61.9 cm³/mol. The second kappa shape index (κ2) is 3.66. The molecule has 0 atom stereocenters. The van der Waals surface area contributed by atoms with Gasteiger partial charge >= 0.3 is 0 Å². The zero-order chi connectivity index (χ0) is 10.1. The molecule has 0 radical (unpaired) electrons. The second-order valence-corrected chi connectivity index (χ2v) is 4.56. The molecule has 0 spiro atoms. The molecule has 1 aromatic heterocycles. The molecule has 2 rings (SSSR count). The monoisotopic (exact) mass is 207 g/mol. The van der Waals surface area contributed by atoms with Crippen LogP contribution in [0.2, 0.25) is 5.02 Å². The number of benzene rings is 1. The summed E-state index contributed by atoms with van der Waals surface area (Å²) in [6.45, 7) is 4.44. The molecule has 0 aliphatic carbocycles. The van der Waals surface area contributed by atoms with E-state index < -0.39 is 0 Å². The van der Waals surface area contributed by atoms with Crippen LogP contribution in [-0.2, 0) is 6.42 Å². The molecule has 0 saturated carbocycles. The molecule has 0 aliphatic rings. The van der Waals surface area contributed by atoms with E-state index in [4.69, 9.17) is 11.6 Å². The van der Waals surface area contributed by atoms with Gasteiger partial charge in [0.15, 0.2) is 0 Å². The number of halogens is 1. The van der Waals surface area contributed by atoms with Crippen molar-refractivity contribution >= 4 is 22.5 Å². The van der Waals surface area contributed by atoms with Crippen LogP contribution in [0, 0.1) is 5.92 Å². The van der Waals surface area contributed by atoms with Gasteiger partial charge < -0.3 is 4.98 Å². The maximum absolute atomic E-state index is 5.92. The first-order valence-electron chi connectivity index (χ1n) is 4.92. The van der Waals surface area contributed by atoms with Crippen molar-refractivity contribution in [3.05, 3.63) is 35.0 Å². The van der Waals surface area contributed by atoms with E-state index in [9.17, 15) is 0 Å². The number of rotatable bonds is 2. The van der Waals surface area contributed by atoms with E-state index in [2.05, 4.69) is 24.9 Å². The molecule has 14 heavy (non-hydrogen) atoms. The van der Waals surface area contributed by atoms with Gasteiger partial charge in [-0.1, -0.05) is 25.4 Å². The van der Waals surface area contributed by atoms with Crippen molar-refractivity contribution < 1.29 is 0 Å². The van der Waals surface area contributed by atoms with Crippen molar-refractivity contribution in [1.29, 1.82) is 0 Å². The number of aromatic amines is 1. The van der Waals surface area contributed by atoms with Crippen LogP contribution >= 0.6 is 11.6 Å². The summed E-state index contributed by atoms with van der Waals surface area (Å²) in [4.78, 5) is 3.40. The van der Waals surface area contributed by atoms with Gasteiger partial charge in [0, 0.05) is 21.6 Å². The molecule has 0 bridgehead atoms. The second-order valence-electron chi connectivity index (χ2n) is 4.12. The van der Waals surface area contributed by atoms with Gasteiger partial charge in [-0.2, -0.15) is 0 Å². The highest BCUT2D eigenvalue weighted by Gasteiger charge is 2.02. The molecule has 1 aromatic carbocycles.